The maximum atomic E-state index is 12.8. The van der Waals surface area contributed by atoms with Crippen molar-refractivity contribution in [3.63, 3.8) is 0 Å². The highest BCUT2D eigenvalue weighted by Gasteiger charge is 2.36. The summed E-state index contributed by atoms with van der Waals surface area (Å²) in [6.45, 7) is 2.40. The number of anilines is 1. The molecule has 1 unspecified atom stereocenters. The molecule has 0 aromatic carbocycles. The van der Waals surface area contributed by atoms with E-state index >= 15 is 0 Å². The van der Waals surface area contributed by atoms with Crippen molar-refractivity contribution >= 4 is 33.4 Å². The lowest BCUT2D eigenvalue weighted by Crippen LogP contribution is -2.49. The molecule has 4 heterocycles. The van der Waals surface area contributed by atoms with Crippen LogP contribution < -0.4 is 9.64 Å². The molecule has 1 atom stereocenters. The van der Waals surface area contributed by atoms with Gasteiger partial charge in [-0.05, 0) is 36.6 Å². The van der Waals surface area contributed by atoms with Crippen molar-refractivity contribution in [1.82, 2.24) is 19.2 Å². The number of carboxylic acid groups (broad SMARTS) is 1. The lowest BCUT2D eigenvalue weighted by molar-refractivity contribution is 0.106. The third kappa shape index (κ3) is 4.81. The zero-order chi connectivity index (χ0) is 22.7. The molecule has 0 radical (unpaired) electrons. The van der Waals surface area contributed by atoms with E-state index in [1.807, 2.05) is 4.90 Å². The number of amides is 1. The van der Waals surface area contributed by atoms with Crippen molar-refractivity contribution in [3.05, 3.63) is 29.8 Å². The van der Waals surface area contributed by atoms with Crippen LogP contribution in [-0.2, 0) is 10.0 Å². The summed E-state index contributed by atoms with van der Waals surface area (Å²) in [5.74, 6) is 1.06. The second kappa shape index (κ2) is 9.59. The van der Waals surface area contributed by atoms with Gasteiger partial charge in [0.15, 0.2) is 0 Å². The number of piperidine rings is 1. The fourth-order valence-electron chi connectivity index (χ4n) is 4.34. The molecule has 2 aromatic heterocycles. The molecule has 0 saturated carbocycles. The number of thiophene rings is 1. The summed E-state index contributed by atoms with van der Waals surface area (Å²) in [5.41, 5.74) is 0. The standard InChI is InChI=1S/C20H27N5O5S2/c1-30-17-4-8-21-19(22-17)23-9-6-16(7-10-23)25(20(26)27)14-15-5-11-24(13-15)32(28,29)18-3-2-12-31-18/h2-4,8,12,15-16H,5-7,9-11,13-14H2,1H3,(H,26,27). The predicted octanol–water partition coefficient (Wildman–Crippen LogP) is 2.21. The van der Waals surface area contributed by atoms with Gasteiger partial charge in [0.2, 0.25) is 11.8 Å². The highest BCUT2D eigenvalue weighted by molar-refractivity contribution is 7.91. The summed E-state index contributed by atoms with van der Waals surface area (Å²) in [6, 6.07) is 4.90. The normalized spacial score (nSPS) is 20.4. The predicted molar refractivity (Wildman–Crippen MR) is 120 cm³/mol. The van der Waals surface area contributed by atoms with Gasteiger partial charge in [0.25, 0.3) is 10.0 Å². The molecule has 32 heavy (non-hydrogen) atoms. The first kappa shape index (κ1) is 22.7. The van der Waals surface area contributed by atoms with Crippen LogP contribution >= 0.6 is 11.3 Å². The molecule has 2 aromatic rings. The van der Waals surface area contributed by atoms with E-state index in [4.69, 9.17) is 4.74 Å². The zero-order valence-corrected chi connectivity index (χ0v) is 19.5. The third-order valence-corrected chi connectivity index (χ3v) is 9.29. The third-order valence-electron chi connectivity index (χ3n) is 6.05. The lowest BCUT2D eigenvalue weighted by Gasteiger charge is -2.38. The first-order chi connectivity index (χ1) is 15.4. The number of nitrogens with zero attached hydrogens (tertiary/aromatic N) is 5. The Morgan fingerprint density at radius 2 is 2.06 bits per heavy atom. The number of methoxy groups -OCH3 is 1. The quantitative estimate of drug-likeness (QED) is 0.640. The van der Waals surface area contributed by atoms with Crippen molar-refractivity contribution in [3.8, 4) is 5.88 Å². The summed E-state index contributed by atoms with van der Waals surface area (Å²) < 4.78 is 32.5. The zero-order valence-electron chi connectivity index (χ0n) is 17.8. The van der Waals surface area contributed by atoms with Gasteiger partial charge in [-0.1, -0.05) is 6.07 Å². The van der Waals surface area contributed by atoms with Gasteiger partial charge >= 0.3 is 6.09 Å². The summed E-state index contributed by atoms with van der Waals surface area (Å²) in [6.07, 6.45) is 2.67. The minimum absolute atomic E-state index is 0.0133. The van der Waals surface area contributed by atoms with Gasteiger partial charge in [0.1, 0.15) is 4.21 Å². The molecule has 4 rings (SSSR count). The average molecular weight is 482 g/mol. The lowest BCUT2D eigenvalue weighted by atomic mass is 10.0. The number of hydrogen-bond donors (Lipinski definition) is 1. The highest BCUT2D eigenvalue weighted by Crippen LogP contribution is 2.29. The van der Waals surface area contributed by atoms with Crippen LogP contribution in [0.1, 0.15) is 19.3 Å². The summed E-state index contributed by atoms with van der Waals surface area (Å²) in [7, 11) is -1.94. The Bertz CT molecular complexity index is 1020. The Hall–Kier alpha value is -2.44. The second-order valence-corrected chi connectivity index (χ2v) is 11.1. The molecule has 1 N–H and O–H groups in total. The van der Waals surface area contributed by atoms with E-state index in [0.29, 0.717) is 68.0 Å². The SMILES string of the molecule is COc1ccnc(N2CCC(N(CC3CCN(S(=O)(=O)c4cccs4)C3)C(=O)O)CC2)n1. The Morgan fingerprint density at radius 1 is 1.28 bits per heavy atom. The largest absolute Gasteiger partial charge is 0.481 e. The first-order valence-corrected chi connectivity index (χ1v) is 12.9. The summed E-state index contributed by atoms with van der Waals surface area (Å²) in [5, 5.41) is 11.6. The smallest absolute Gasteiger partial charge is 0.407 e. The van der Waals surface area contributed by atoms with Crippen LogP contribution in [0.25, 0.3) is 0 Å². The molecule has 0 aliphatic carbocycles. The van der Waals surface area contributed by atoms with E-state index in [9.17, 15) is 18.3 Å². The van der Waals surface area contributed by atoms with Gasteiger partial charge in [-0.2, -0.15) is 9.29 Å². The topological polar surface area (TPSA) is 116 Å². The van der Waals surface area contributed by atoms with Crippen molar-refractivity contribution in [2.24, 2.45) is 5.92 Å². The van der Waals surface area contributed by atoms with Crippen LogP contribution in [0.5, 0.6) is 5.88 Å². The molecule has 174 valence electrons. The van der Waals surface area contributed by atoms with E-state index in [1.54, 1.807) is 36.9 Å². The van der Waals surface area contributed by atoms with Gasteiger partial charge in [-0.15, -0.1) is 11.3 Å². The van der Waals surface area contributed by atoms with Gasteiger partial charge in [-0.25, -0.2) is 18.2 Å². The highest BCUT2D eigenvalue weighted by atomic mass is 32.2. The van der Waals surface area contributed by atoms with Crippen molar-refractivity contribution in [2.45, 2.75) is 29.5 Å². The maximum absolute atomic E-state index is 12.8. The Labute approximate surface area is 191 Å². The van der Waals surface area contributed by atoms with Crippen LogP contribution in [0.2, 0.25) is 0 Å². The number of ether oxygens (including phenoxy) is 1. The Morgan fingerprint density at radius 3 is 2.72 bits per heavy atom. The Balaban J connectivity index is 1.35. The second-order valence-electron chi connectivity index (χ2n) is 8.00. The van der Waals surface area contributed by atoms with Crippen molar-refractivity contribution in [2.75, 3.05) is 44.7 Å². The number of rotatable bonds is 7. The number of hydrogen-bond acceptors (Lipinski definition) is 8. The van der Waals surface area contributed by atoms with E-state index in [-0.39, 0.29) is 12.0 Å². The molecule has 10 nitrogen and oxygen atoms in total. The number of carbonyl (C=O) groups is 1. The van der Waals surface area contributed by atoms with Crippen LogP contribution in [0.15, 0.2) is 34.0 Å². The first-order valence-electron chi connectivity index (χ1n) is 10.5. The molecule has 0 bridgehead atoms. The van der Waals surface area contributed by atoms with Gasteiger partial charge in [0.05, 0.1) is 7.11 Å². The molecule has 1 amide bonds. The number of sulfonamides is 1. The van der Waals surface area contributed by atoms with Crippen LogP contribution in [0, 0.1) is 5.92 Å². The van der Waals surface area contributed by atoms with Crippen LogP contribution in [-0.4, -0.2) is 84.7 Å². The average Bonchev–Trinajstić information content (AvgIpc) is 3.50. The van der Waals surface area contributed by atoms with E-state index in [0.717, 1.165) is 0 Å². The molecule has 0 spiro atoms. The molecular weight excluding hydrogens is 454 g/mol. The van der Waals surface area contributed by atoms with Crippen LogP contribution in [0.3, 0.4) is 0 Å². The van der Waals surface area contributed by atoms with Gasteiger partial charge in [-0.3, -0.25) is 0 Å². The monoisotopic (exact) mass is 481 g/mol. The van der Waals surface area contributed by atoms with Crippen LogP contribution in [0.4, 0.5) is 10.7 Å². The molecule has 2 fully saturated rings. The summed E-state index contributed by atoms with van der Waals surface area (Å²) >= 11 is 1.20. The van der Waals surface area contributed by atoms with E-state index in [1.165, 1.54) is 20.5 Å². The van der Waals surface area contributed by atoms with Gasteiger partial charge in [0, 0.05) is 51.0 Å². The van der Waals surface area contributed by atoms with E-state index < -0.39 is 16.1 Å². The molecule has 2 aliphatic heterocycles. The van der Waals surface area contributed by atoms with Crippen molar-refractivity contribution in [1.29, 1.82) is 0 Å². The van der Waals surface area contributed by atoms with Crippen molar-refractivity contribution < 1.29 is 23.1 Å². The molecule has 2 saturated heterocycles. The van der Waals surface area contributed by atoms with E-state index in [2.05, 4.69) is 9.97 Å². The molecule has 12 heteroatoms. The molecule has 2 aliphatic rings. The maximum Gasteiger partial charge on any atom is 0.407 e. The number of aromatic nitrogens is 2. The van der Waals surface area contributed by atoms with Gasteiger partial charge < -0.3 is 19.6 Å². The summed E-state index contributed by atoms with van der Waals surface area (Å²) in [4.78, 5) is 24.2. The fourth-order valence-corrected chi connectivity index (χ4v) is 7.01. The fraction of sp³-hybridized carbons (Fsp3) is 0.550. The minimum atomic E-state index is -3.50. The minimum Gasteiger partial charge on any atom is -0.481 e. The molecular formula is C20H27N5O5S2. The Kier molecular flexibility index (Phi) is 6.82.